The van der Waals surface area contributed by atoms with E-state index in [-0.39, 0.29) is 29.2 Å². The molecule has 1 amide bonds. The van der Waals surface area contributed by atoms with Crippen molar-refractivity contribution in [1.29, 1.82) is 0 Å². The fourth-order valence-electron chi connectivity index (χ4n) is 4.60. The lowest BCUT2D eigenvalue weighted by molar-refractivity contribution is 0.0620. The predicted octanol–water partition coefficient (Wildman–Crippen LogP) is 3.81. The van der Waals surface area contributed by atoms with Gasteiger partial charge in [0, 0.05) is 44.9 Å². The number of carbonyl (C=O) groups is 1. The van der Waals surface area contributed by atoms with Crippen molar-refractivity contribution >= 4 is 5.91 Å². The van der Waals surface area contributed by atoms with Crippen LogP contribution in [0.5, 0.6) is 23.1 Å². The lowest BCUT2D eigenvalue weighted by atomic mass is 9.97. The number of halogens is 1. The Bertz CT molecular complexity index is 1270. The molecule has 1 fully saturated rings. The van der Waals surface area contributed by atoms with Crippen LogP contribution >= 0.6 is 0 Å². The predicted molar refractivity (Wildman–Crippen MR) is 139 cm³/mol. The molecule has 9 nitrogen and oxygen atoms in total. The summed E-state index contributed by atoms with van der Waals surface area (Å²) in [6, 6.07) is 11.7. The third-order valence-corrected chi connectivity index (χ3v) is 6.57. The largest absolute Gasteiger partial charge is 0.506 e. The van der Waals surface area contributed by atoms with Gasteiger partial charge < -0.3 is 29.3 Å². The van der Waals surface area contributed by atoms with Gasteiger partial charge in [-0.15, -0.1) is 0 Å². The zero-order valence-electron chi connectivity index (χ0n) is 21.7. The molecule has 0 unspecified atom stereocenters. The van der Waals surface area contributed by atoms with Gasteiger partial charge >= 0.3 is 0 Å². The molecule has 1 aromatic heterocycles. The van der Waals surface area contributed by atoms with Crippen molar-refractivity contribution in [3.63, 3.8) is 0 Å². The molecular weight excluding hydrogens is 493 g/mol. The topological polar surface area (TPSA) is 105 Å². The minimum absolute atomic E-state index is 0.0165. The Morgan fingerprint density at radius 2 is 1.63 bits per heavy atom. The van der Waals surface area contributed by atoms with Crippen molar-refractivity contribution in [3.05, 3.63) is 65.1 Å². The molecule has 2 heterocycles. The average molecular weight is 526 g/mol. The Hall–Kier alpha value is -3.89. The SMILES string of the molecule is CCOCc1nc(O)c(C(=O)N2CCN(Cc3ccccc3F)CC2)c(O)c1-c1c(OC)cccc1OC. The third kappa shape index (κ3) is 5.51. The molecule has 2 aromatic carbocycles. The summed E-state index contributed by atoms with van der Waals surface area (Å²) < 4.78 is 30.7. The number of aromatic nitrogens is 1. The van der Waals surface area contributed by atoms with E-state index in [0.29, 0.717) is 62.0 Å². The first-order chi connectivity index (χ1) is 18.4. The van der Waals surface area contributed by atoms with Gasteiger partial charge in [-0.3, -0.25) is 9.69 Å². The first kappa shape index (κ1) is 27.2. The zero-order valence-corrected chi connectivity index (χ0v) is 21.7. The highest BCUT2D eigenvalue weighted by Crippen LogP contribution is 2.47. The number of carbonyl (C=O) groups excluding carboxylic acids is 1. The second kappa shape index (κ2) is 12.1. The van der Waals surface area contributed by atoms with Gasteiger partial charge in [0.2, 0.25) is 5.88 Å². The number of piperazine rings is 1. The number of methoxy groups -OCH3 is 2. The number of ether oxygens (including phenoxy) is 3. The van der Waals surface area contributed by atoms with Crippen molar-refractivity contribution in [2.24, 2.45) is 0 Å². The van der Waals surface area contributed by atoms with Crippen LogP contribution in [0.15, 0.2) is 42.5 Å². The highest BCUT2D eigenvalue weighted by molar-refractivity contribution is 6.02. The van der Waals surface area contributed by atoms with Crippen LogP contribution in [-0.4, -0.2) is 77.9 Å². The van der Waals surface area contributed by atoms with Crippen LogP contribution in [0.2, 0.25) is 0 Å². The van der Waals surface area contributed by atoms with E-state index < -0.39 is 17.5 Å². The maximum absolute atomic E-state index is 14.1. The van der Waals surface area contributed by atoms with E-state index in [9.17, 15) is 19.4 Å². The summed E-state index contributed by atoms with van der Waals surface area (Å²) in [4.78, 5) is 21.4. The Morgan fingerprint density at radius 1 is 0.974 bits per heavy atom. The van der Waals surface area contributed by atoms with E-state index in [1.165, 1.54) is 20.3 Å². The van der Waals surface area contributed by atoms with E-state index >= 15 is 0 Å². The summed E-state index contributed by atoms with van der Waals surface area (Å²) in [5, 5.41) is 22.2. The number of benzene rings is 2. The van der Waals surface area contributed by atoms with E-state index in [2.05, 4.69) is 9.88 Å². The second-order valence-corrected chi connectivity index (χ2v) is 8.82. The molecule has 1 aliphatic heterocycles. The van der Waals surface area contributed by atoms with E-state index in [0.717, 1.165) is 0 Å². The lowest BCUT2D eigenvalue weighted by Crippen LogP contribution is -2.48. The van der Waals surface area contributed by atoms with Crippen LogP contribution in [0, 0.1) is 5.82 Å². The minimum atomic E-state index is -0.589. The van der Waals surface area contributed by atoms with Gasteiger partial charge in [-0.2, -0.15) is 0 Å². The normalized spacial score (nSPS) is 13.9. The fraction of sp³-hybridized carbons (Fsp3) is 0.357. The van der Waals surface area contributed by atoms with Crippen LogP contribution in [0.3, 0.4) is 0 Å². The first-order valence-electron chi connectivity index (χ1n) is 12.4. The minimum Gasteiger partial charge on any atom is -0.506 e. The summed E-state index contributed by atoms with van der Waals surface area (Å²) in [6.07, 6.45) is 0. The molecule has 0 atom stereocenters. The van der Waals surface area contributed by atoms with E-state index in [1.807, 2.05) is 6.92 Å². The summed E-state index contributed by atoms with van der Waals surface area (Å²) in [6.45, 7) is 4.28. The van der Waals surface area contributed by atoms with Crippen LogP contribution in [0.1, 0.15) is 28.5 Å². The molecule has 0 saturated carbocycles. The molecule has 10 heteroatoms. The van der Waals surface area contributed by atoms with Crippen molar-refractivity contribution < 1.29 is 33.6 Å². The molecule has 0 aliphatic carbocycles. The number of pyridine rings is 1. The van der Waals surface area contributed by atoms with Gasteiger partial charge in [-0.05, 0) is 25.1 Å². The van der Waals surface area contributed by atoms with E-state index in [4.69, 9.17) is 14.2 Å². The molecular formula is C28H32FN3O6. The standard InChI is InChI=1S/C28H32FN3O6/c1-4-38-17-20-23(24-21(36-2)10-7-11-22(24)37-3)26(33)25(27(34)30-20)28(35)32-14-12-31(13-15-32)16-18-8-5-6-9-19(18)29/h5-11H,4,12-17H2,1-3H3,(H2,30,33,34). The lowest BCUT2D eigenvalue weighted by Gasteiger charge is -2.35. The third-order valence-electron chi connectivity index (χ3n) is 6.57. The van der Waals surface area contributed by atoms with Gasteiger partial charge in [0.15, 0.2) is 0 Å². The summed E-state index contributed by atoms with van der Waals surface area (Å²) in [7, 11) is 2.97. The monoisotopic (exact) mass is 525 g/mol. The van der Waals surface area contributed by atoms with Crippen LogP contribution in [0.4, 0.5) is 4.39 Å². The zero-order chi connectivity index (χ0) is 27.2. The van der Waals surface area contributed by atoms with Gasteiger partial charge in [0.05, 0.1) is 37.6 Å². The number of hydrogen-bond acceptors (Lipinski definition) is 8. The van der Waals surface area contributed by atoms with Gasteiger partial charge in [0.1, 0.15) is 28.6 Å². The summed E-state index contributed by atoms with van der Waals surface area (Å²) in [5.41, 5.74) is 1.09. The molecule has 1 aliphatic rings. The molecule has 0 radical (unpaired) electrons. The van der Waals surface area contributed by atoms with Crippen molar-refractivity contribution in [2.45, 2.75) is 20.1 Å². The van der Waals surface area contributed by atoms with Crippen LogP contribution < -0.4 is 9.47 Å². The van der Waals surface area contributed by atoms with Crippen molar-refractivity contribution in [2.75, 3.05) is 47.0 Å². The maximum Gasteiger partial charge on any atom is 0.263 e. The highest BCUT2D eigenvalue weighted by Gasteiger charge is 2.32. The molecule has 202 valence electrons. The van der Waals surface area contributed by atoms with Crippen LogP contribution in [0.25, 0.3) is 11.1 Å². The molecule has 38 heavy (non-hydrogen) atoms. The van der Waals surface area contributed by atoms with E-state index in [1.54, 1.807) is 41.3 Å². The summed E-state index contributed by atoms with van der Waals surface area (Å²) in [5.74, 6) is -1.06. The van der Waals surface area contributed by atoms with Gasteiger partial charge in [-0.1, -0.05) is 24.3 Å². The Morgan fingerprint density at radius 3 is 2.24 bits per heavy atom. The molecule has 3 aromatic rings. The number of amides is 1. The second-order valence-electron chi connectivity index (χ2n) is 8.82. The molecule has 0 bridgehead atoms. The molecule has 1 saturated heterocycles. The van der Waals surface area contributed by atoms with Gasteiger partial charge in [0.25, 0.3) is 5.91 Å². The summed E-state index contributed by atoms with van der Waals surface area (Å²) >= 11 is 0. The number of nitrogens with zero attached hydrogens (tertiary/aromatic N) is 3. The Balaban J connectivity index is 1.66. The van der Waals surface area contributed by atoms with Crippen molar-refractivity contribution in [1.82, 2.24) is 14.8 Å². The van der Waals surface area contributed by atoms with Gasteiger partial charge in [-0.25, -0.2) is 9.37 Å². The number of hydrogen-bond donors (Lipinski definition) is 2. The Kier molecular flexibility index (Phi) is 8.65. The average Bonchev–Trinajstić information content (AvgIpc) is 2.93. The van der Waals surface area contributed by atoms with Crippen LogP contribution in [-0.2, 0) is 17.9 Å². The van der Waals surface area contributed by atoms with Crippen molar-refractivity contribution in [3.8, 4) is 34.3 Å². The fourth-order valence-corrected chi connectivity index (χ4v) is 4.60. The highest BCUT2D eigenvalue weighted by atomic mass is 19.1. The molecule has 4 rings (SSSR count). The maximum atomic E-state index is 14.1. The number of rotatable bonds is 9. The smallest absolute Gasteiger partial charge is 0.263 e. The Labute approximate surface area is 221 Å². The molecule has 2 N–H and O–H groups in total. The quantitative estimate of drug-likeness (QED) is 0.435. The molecule has 0 spiro atoms. The first-order valence-corrected chi connectivity index (χ1v) is 12.4. The number of aromatic hydroxyl groups is 2.